The molecule has 2 N–H and O–H groups in total. The van der Waals surface area contributed by atoms with Gasteiger partial charge in [0.15, 0.2) is 0 Å². The van der Waals surface area contributed by atoms with E-state index in [1.54, 1.807) is 0 Å². The number of rotatable bonds is 4. The molecule has 0 radical (unpaired) electrons. The molecule has 23 heavy (non-hydrogen) atoms. The topological polar surface area (TPSA) is 64.7 Å². The number of carbonyl (C=O) groups excluding carboxylic acids is 2. The number of aryl methyl sites for hydroxylation is 1. The summed E-state index contributed by atoms with van der Waals surface area (Å²) in [5, 5.41) is 5.10. The van der Waals surface area contributed by atoms with Crippen molar-refractivity contribution in [3.63, 3.8) is 0 Å². The lowest BCUT2D eigenvalue weighted by Crippen LogP contribution is -2.49. The number of hydrogen-bond acceptors (Lipinski definition) is 4. The summed E-state index contributed by atoms with van der Waals surface area (Å²) in [5.74, 6) is -1.19. The van der Waals surface area contributed by atoms with E-state index in [0.29, 0.717) is 6.54 Å². The predicted molar refractivity (Wildman–Crippen MR) is 90.1 cm³/mol. The van der Waals surface area contributed by atoms with E-state index in [0.717, 1.165) is 31.7 Å². The maximum absolute atomic E-state index is 11.7. The van der Waals surface area contributed by atoms with E-state index in [-0.39, 0.29) is 6.04 Å². The summed E-state index contributed by atoms with van der Waals surface area (Å²) in [6.45, 7) is 6.40. The van der Waals surface area contributed by atoms with Crippen LogP contribution in [0.15, 0.2) is 24.3 Å². The molecule has 2 rings (SSSR count). The van der Waals surface area contributed by atoms with Crippen LogP contribution in [0.5, 0.6) is 0 Å². The van der Waals surface area contributed by atoms with Gasteiger partial charge in [0.05, 0.1) is 6.04 Å². The van der Waals surface area contributed by atoms with Crippen molar-refractivity contribution in [2.75, 3.05) is 46.8 Å². The Morgan fingerprint density at radius 2 is 1.70 bits per heavy atom. The van der Waals surface area contributed by atoms with Crippen molar-refractivity contribution in [3.05, 3.63) is 35.4 Å². The maximum atomic E-state index is 11.7. The Morgan fingerprint density at radius 1 is 1.09 bits per heavy atom. The lowest BCUT2D eigenvalue weighted by atomic mass is 10.0. The molecule has 0 aromatic heterocycles. The first-order chi connectivity index (χ1) is 11.0. The number of nitrogens with zero attached hydrogens (tertiary/aromatic N) is 2. The smallest absolute Gasteiger partial charge is 0.309 e. The Labute approximate surface area is 137 Å². The minimum atomic E-state index is -0.606. The molecular formula is C17H26N4O2. The molecule has 0 bridgehead atoms. The highest BCUT2D eigenvalue weighted by Crippen LogP contribution is 2.22. The second kappa shape index (κ2) is 8.08. The molecule has 6 heteroatoms. The van der Waals surface area contributed by atoms with Crippen LogP contribution in [-0.4, -0.2) is 68.4 Å². The van der Waals surface area contributed by atoms with Gasteiger partial charge < -0.3 is 15.5 Å². The summed E-state index contributed by atoms with van der Waals surface area (Å²) in [7, 11) is 3.57. The first kappa shape index (κ1) is 17.4. The maximum Gasteiger partial charge on any atom is 0.309 e. The van der Waals surface area contributed by atoms with Gasteiger partial charge in [-0.2, -0.15) is 0 Å². The van der Waals surface area contributed by atoms with E-state index >= 15 is 0 Å². The average Bonchev–Trinajstić information content (AvgIpc) is 2.57. The molecule has 1 heterocycles. The molecule has 1 aromatic rings. The van der Waals surface area contributed by atoms with Crippen molar-refractivity contribution in [2.24, 2.45) is 0 Å². The molecule has 6 nitrogen and oxygen atoms in total. The molecular weight excluding hydrogens is 292 g/mol. The summed E-state index contributed by atoms with van der Waals surface area (Å²) in [4.78, 5) is 27.8. The van der Waals surface area contributed by atoms with Crippen molar-refractivity contribution in [1.29, 1.82) is 0 Å². The van der Waals surface area contributed by atoms with E-state index in [9.17, 15) is 9.59 Å². The van der Waals surface area contributed by atoms with Gasteiger partial charge in [0.25, 0.3) is 0 Å². The highest BCUT2D eigenvalue weighted by molar-refractivity contribution is 6.35. The molecule has 2 amide bonds. The number of piperazine rings is 1. The van der Waals surface area contributed by atoms with E-state index in [2.05, 4.69) is 58.7 Å². The Bertz CT molecular complexity index is 536. The molecule has 1 atom stereocenters. The summed E-state index contributed by atoms with van der Waals surface area (Å²) in [6.07, 6.45) is 0. The van der Waals surface area contributed by atoms with E-state index in [1.807, 2.05) is 0 Å². The molecule has 1 saturated heterocycles. The minimum Gasteiger partial charge on any atom is -0.351 e. The van der Waals surface area contributed by atoms with Gasteiger partial charge in [-0.1, -0.05) is 29.8 Å². The Hall–Kier alpha value is -1.92. The SMILES string of the molecule is CNC(=O)C(=O)NCC(c1ccc(C)cc1)N1CCN(C)CC1. The van der Waals surface area contributed by atoms with Gasteiger partial charge >= 0.3 is 11.8 Å². The summed E-state index contributed by atoms with van der Waals surface area (Å²) < 4.78 is 0. The fraction of sp³-hybridized carbons (Fsp3) is 0.529. The fourth-order valence-electron chi connectivity index (χ4n) is 2.76. The van der Waals surface area contributed by atoms with Gasteiger partial charge in [-0.15, -0.1) is 0 Å². The van der Waals surface area contributed by atoms with Crippen LogP contribution in [0.25, 0.3) is 0 Å². The van der Waals surface area contributed by atoms with Crippen molar-refractivity contribution >= 4 is 11.8 Å². The zero-order valence-electron chi connectivity index (χ0n) is 14.1. The van der Waals surface area contributed by atoms with Crippen LogP contribution in [0.2, 0.25) is 0 Å². The van der Waals surface area contributed by atoms with Gasteiger partial charge in [0.2, 0.25) is 0 Å². The second-order valence-corrected chi connectivity index (χ2v) is 6.05. The minimum absolute atomic E-state index is 0.0814. The lowest BCUT2D eigenvalue weighted by molar-refractivity contribution is -0.139. The lowest BCUT2D eigenvalue weighted by Gasteiger charge is -2.38. The van der Waals surface area contributed by atoms with Crippen LogP contribution < -0.4 is 10.6 Å². The van der Waals surface area contributed by atoms with Crippen LogP contribution >= 0.6 is 0 Å². The third-order valence-electron chi connectivity index (χ3n) is 4.33. The highest BCUT2D eigenvalue weighted by atomic mass is 16.2. The molecule has 1 aliphatic rings. The van der Waals surface area contributed by atoms with Gasteiger partial charge in [-0.05, 0) is 19.5 Å². The molecule has 126 valence electrons. The zero-order chi connectivity index (χ0) is 16.8. The summed E-state index contributed by atoms with van der Waals surface area (Å²) >= 11 is 0. The number of amides is 2. The molecule has 0 spiro atoms. The summed E-state index contributed by atoms with van der Waals surface area (Å²) in [6, 6.07) is 8.45. The van der Waals surface area contributed by atoms with Crippen LogP contribution in [0.1, 0.15) is 17.2 Å². The quantitative estimate of drug-likeness (QED) is 0.776. The van der Waals surface area contributed by atoms with Gasteiger partial charge in [0.1, 0.15) is 0 Å². The van der Waals surface area contributed by atoms with Crippen LogP contribution in [0.4, 0.5) is 0 Å². The van der Waals surface area contributed by atoms with Gasteiger partial charge in [-0.3, -0.25) is 14.5 Å². The predicted octanol–water partition coefficient (Wildman–Crippen LogP) is 0.146. The van der Waals surface area contributed by atoms with Crippen molar-refractivity contribution in [2.45, 2.75) is 13.0 Å². The summed E-state index contributed by atoms with van der Waals surface area (Å²) in [5.41, 5.74) is 2.37. The van der Waals surface area contributed by atoms with Gasteiger partial charge in [0, 0.05) is 39.8 Å². The Kier molecular flexibility index (Phi) is 6.12. The molecule has 0 aliphatic carbocycles. The molecule has 1 aliphatic heterocycles. The number of hydrogen-bond donors (Lipinski definition) is 2. The number of likely N-dealkylation sites (N-methyl/N-ethyl adjacent to an activating group) is 2. The normalized spacial score (nSPS) is 17.5. The van der Waals surface area contributed by atoms with Crippen molar-refractivity contribution in [3.8, 4) is 0 Å². The second-order valence-electron chi connectivity index (χ2n) is 6.05. The molecule has 1 fully saturated rings. The van der Waals surface area contributed by atoms with E-state index in [1.165, 1.54) is 12.6 Å². The largest absolute Gasteiger partial charge is 0.351 e. The highest BCUT2D eigenvalue weighted by Gasteiger charge is 2.25. The van der Waals surface area contributed by atoms with Crippen LogP contribution in [0.3, 0.4) is 0 Å². The monoisotopic (exact) mass is 318 g/mol. The van der Waals surface area contributed by atoms with E-state index < -0.39 is 11.8 Å². The Morgan fingerprint density at radius 3 is 2.26 bits per heavy atom. The van der Waals surface area contributed by atoms with E-state index in [4.69, 9.17) is 0 Å². The Balaban J connectivity index is 2.09. The molecule has 1 unspecified atom stereocenters. The number of carbonyl (C=O) groups is 2. The first-order valence-corrected chi connectivity index (χ1v) is 8.00. The van der Waals surface area contributed by atoms with Crippen molar-refractivity contribution < 1.29 is 9.59 Å². The number of benzene rings is 1. The zero-order valence-corrected chi connectivity index (χ0v) is 14.1. The molecule has 0 saturated carbocycles. The third-order valence-corrected chi connectivity index (χ3v) is 4.33. The van der Waals surface area contributed by atoms with Crippen molar-refractivity contribution in [1.82, 2.24) is 20.4 Å². The van der Waals surface area contributed by atoms with Gasteiger partial charge in [-0.25, -0.2) is 0 Å². The third kappa shape index (κ3) is 4.77. The standard InChI is InChI=1S/C17H26N4O2/c1-13-4-6-14(7-5-13)15(12-19-17(23)16(22)18-2)21-10-8-20(3)9-11-21/h4-7,15H,8-12H2,1-3H3,(H,18,22)(H,19,23). The number of nitrogens with one attached hydrogen (secondary N) is 2. The average molecular weight is 318 g/mol. The molecule has 1 aromatic carbocycles. The van der Waals surface area contributed by atoms with Crippen LogP contribution in [0, 0.1) is 6.92 Å². The van der Waals surface area contributed by atoms with Crippen LogP contribution in [-0.2, 0) is 9.59 Å². The first-order valence-electron chi connectivity index (χ1n) is 8.00. The fourth-order valence-corrected chi connectivity index (χ4v) is 2.76.